The number of benzene rings is 2. The number of phenolic OH excluding ortho intramolecular Hbond substituents is 1. The molecule has 3 aromatic rings. The Hall–Kier alpha value is -3.20. The Morgan fingerprint density at radius 1 is 1.10 bits per heavy atom. The molecule has 9 heteroatoms. The van der Waals surface area contributed by atoms with Crippen LogP contribution in [0.1, 0.15) is 45.2 Å². The summed E-state index contributed by atoms with van der Waals surface area (Å²) in [6.45, 7) is 1.08. The second-order valence-corrected chi connectivity index (χ2v) is 7.94. The number of anilines is 1. The molecule has 0 saturated heterocycles. The van der Waals surface area contributed by atoms with Gasteiger partial charge in [-0.25, -0.2) is 0 Å². The Bertz CT molecular complexity index is 1110. The molecule has 1 aliphatic rings. The lowest BCUT2D eigenvalue weighted by molar-refractivity contribution is 0.0946. The van der Waals surface area contributed by atoms with Gasteiger partial charge in [0.1, 0.15) is 11.6 Å². The van der Waals surface area contributed by atoms with Gasteiger partial charge in [0.2, 0.25) is 0 Å². The Balaban J connectivity index is 1.40. The fraction of sp³-hybridized carbons (Fsp3) is 0.238. The maximum atomic E-state index is 12.5. The monoisotopic (exact) mass is 469 g/mol. The second-order valence-electron chi connectivity index (χ2n) is 7.02. The second kappa shape index (κ2) is 8.66. The highest BCUT2D eigenvalue weighted by atomic mass is 79.9. The van der Waals surface area contributed by atoms with E-state index in [0.29, 0.717) is 17.1 Å². The van der Waals surface area contributed by atoms with Gasteiger partial charge >= 0.3 is 0 Å². The van der Waals surface area contributed by atoms with Gasteiger partial charge in [0.15, 0.2) is 5.82 Å². The maximum Gasteiger partial charge on any atom is 0.255 e. The van der Waals surface area contributed by atoms with Crippen molar-refractivity contribution in [3.63, 3.8) is 0 Å². The highest BCUT2D eigenvalue weighted by molar-refractivity contribution is 9.10. The topological polar surface area (TPSA) is 109 Å². The van der Waals surface area contributed by atoms with Gasteiger partial charge in [0.25, 0.3) is 11.8 Å². The number of carbonyl (C=O) groups excluding carboxylic acids is 2. The van der Waals surface area contributed by atoms with Crippen LogP contribution in [-0.4, -0.2) is 31.7 Å². The van der Waals surface area contributed by atoms with Gasteiger partial charge in [-0.3, -0.25) is 9.59 Å². The summed E-state index contributed by atoms with van der Waals surface area (Å²) in [4.78, 5) is 24.8. The molecule has 0 atom stereocenters. The molecule has 154 valence electrons. The van der Waals surface area contributed by atoms with E-state index in [2.05, 4.69) is 36.8 Å². The normalized spacial score (nSPS) is 12.8. The zero-order valence-corrected chi connectivity index (χ0v) is 17.6. The number of aryl methyl sites for hydroxylation is 1. The first-order valence-electron chi connectivity index (χ1n) is 9.60. The summed E-state index contributed by atoms with van der Waals surface area (Å²) in [6.07, 6.45) is 3.07. The Labute approximate surface area is 181 Å². The van der Waals surface area contributed by atoms with Crippen LogP contribution in [0.4, 0.5) is 5.69 Å². The summed E-state index contributed by atoms with van der Waals surface area (Å²) >= 11 is 3.33. The van der Waals surface area contributed by atoms with Crippen molar-refractivity contribution in [2.75, 3.05) is 5.32 Å². The number of nitrogens with one attached hydrogen (secondary N) is 2. The number of hydrogen-bond acceptors (Lipinski definition) is 5. The number of aromatic nitrogens is 3. The van der Waals surface area contributed by atoms with E-state index in [1.165, 1.54) is 12.1 Å². The summed E-state index contributed by atoms with van der Waals surface area (Å²) < 4.78 is 2.82. The van der Waals surface area contributed by atoms with Crippen LogP contribution in [0.25, 0.3) is 0 Å². The number of phenols is 1. The number of rotatable bonds is 5. The van der Waals surface area contributed by atoms with Crippen LogP contribution < -0.4 is 10.6 Å². The van der Waals surface area contributed by atoms with Crippen molar-refractivity contribution < 1.29 is 14.7 Å². The van der Waals surface area contributed by atoms with Crippen LogP contribution >= 0.6 is 15.9 Å². The van der Waals surface area contributed by atoms with Crippen LogP contribution in [0.3, 0.4) is 0 Å². The zero-order chi connectivity index (χ0) is 21.1. The molecule has 0 saturated carbocycles. The molecule has 30 heavy (non-hydrogen) atoms. The molecular formula is C21H20BrN5O3. The number of hydrogen-bond donors (Lipinski definition) is 3. The molecule has 1 aromatic heterocycles. The van der Waals surface area contributed by atoms with Crippen LogP contribution in [0.15, 0.2) is 46.9 Å². The van der Waals surface area contributed by atoms with Crippen LogP contribution in [-0.2, 0) is 19.5 Å². The molecule has 2 heterocycles. The predicted octanol–water partition coefficient (Wildman–Crippen LogP) is 3.26. The molecule has 1 aliphatic heterocycles. The number of fused-ring (bicyclic) bond motifs is 1. The standard InChI is InChI=1S/C21H20BrN5O3/c22-14-5-3-4-13(10-14)20(29)24-15-7-8-16(17(28)11-15)21(30)23-12-19-26-25-18-6-1-2-9-27(18)19/h3-5,7-8,10-11,28H,1-2,6,9,12H2,(H,23,30)(H,24,29). The van der Waals surface area contributed by atoms with Gasteiger partial charge in [0.05, 0.1) is 12.1 Å². The summed E-state index contributed by atoms with van der Waals surface area (Å²) in [5.74, 6) is 0.687. The SMILES string of the molecule is O=C(Nc1ccc(C(=O)NCc2nnc3n2CCCC3)c(O)c1)c1cccc(Br)c1. The Morgan fingerprint density at radius 3 is 2.77 bits per heavy atom. The predicted molar refractivity (Wildman–Crippen MR) is 114 cm³/mol. The molecule has 0 bridgehead atoms. The molecule has 2 aromatic carbocycles. The van der Waals surface area contributed by atoms with Gasteiger partial charge in [-0.15, -0.1) is 10.2 Å². The van der Waals surface area contributed by atoms with Crippen molar-refractivity contribution in [3.8, 4) is 5.75 Å². The van der Waals surface area contributed by atoms with Crippen molar-refractivity contribution in [1.82, 2.24) is 20.1 Å². The minimum absolute atomic E-state index is 0.119. The highest BCUT2D eigenvalue weighted by Gasteiger charge is 2.18. The van der Waals surface area contributed by atoms with Gasteiger partial charge in [-0.05, 0) is 43.2 Å². The summed E-state index contributed by atoms with van der Waals surface area (Å²) in [6, 6.07) is 11.4. The van der Waals surface area contributed by atoms with Crippen LogP contribution in [0.2, 0.25) is 0 Å². The number of carbonyl (C=O) groups is 2. The van der Waals surface area contributed by atoms with E-state index in [1.54, 1.807) is 24.3 Å². The number of amides is 2. The fourth-order valence-corrected chi connectivity index (χ4v) is 3.79. The molecule has 0 radical (unpaired) electrons. The summed E-state index contributed by atoms with van der Waals surface area (Å²) in [7, 11) is 0. The lowest BCUT2D eigenvalue weighted by Crippen LogP contribution is -2.25. The average molecular weight is 470 g/mol. The van der Waals surface area contributed by atoms with Gasteiger partial charge in [-0.2, -0.15) is 0 Å². The first kappa shape index (κ1) is 20.1. The number of nitrogens with zero attached hydrogens (tertiary/aromatic N) is 3. The molecule has 4 rings (SSSR count). The molecule has 2 amide bonds. The van der Waals surface area contributed by atoms with Crippen molar-refractivity contribution in [3.05, 3.63) is 69.7 Å². The average Bonchev–Trinajstić information content (AvgIpc) is 3.15. The van der Waals surface area contributed by atoms with Gasteiger partial charge < -0.3 is 20.3 Å². The molecule has 0 unspecified atom stereocenters. The zero-order valence-electron chi connectivity index (χ0n) is 16.1. The van der Waals surface area contributed by atoms with Gasteiger partial charge in [0, 0.05) is 34.8 Å². The largest absolute Gasteiger partial charge is 0.507 e. The van der Waals surface area contributed by atoms with Gasteiger partial charge in [-0.1, -0.05) is 22.0 Å². The molecule has 3 N–H and O–H groups in total. The highest BCUT2D eigenvalue weighted by Crippen LogP contribution is 2.23. The van der Waals surface area contributed by atoms with Crippen molar-refractivity contribution in [2.24, 2.45) is 0 Å². The lowest BCUT2D eigenvalue weighted by atomic mass is 10.1. The quantitative estimate of drug-likeness (QED) is 0.531. The molecule has 0 spiro atoms. The van der Waals surface area contributed by atoms with E-state index in [-0.39, 0.29) is 23.8 Å². The Kier molecular flexibility index (Phi) is 5.80. The van der Waals surface area contributed by atoms with E-state index in [4.69, 9.17) is 0 Å². The lowest BCUT2D eigenvalue weighted by Gasteiger charge is -2.15. The van der Waals surface area contributed by atoms with Crippen molar-refractivity contribution in [2.45, 2.75) is 32.4 Å². The fourth-order valence-electron chi connectivity index (χ4n) is 3.39. The molecular weight excluding hydrogens is 450 g/mol. The third-order valence-corrected chi connectivity index (χ3v) is 5.42. The van der Waals surface area contributed by atoms with Crippen molar-refractivity contribution >= 4 is 33.4 Å². The minimum atomic E-state index is -0.425. The number of halogens is 1. The Morgan fingerprint density at radius 2 is 1.97 bits per heavy atom. The summed E-state index contributed by atoms with van der Waals surface area (Å²) in [5.41, 5.74) is 0.983. The van der Waals surface area contributed by atoms with E-state index >= 15 is 0 Å². The maximum absolute atomic E-state index is 12.5. The summed E-state index contributed by atoms with van der Waals surface area (Å²) in [5, 5.41) is 24.1. The van der Waals surface area contributed by atoms with E-state index in [9.17, 15) is 14.7 Å². The van der Waals surface area contributed by atoms with Crippen LogP contribution in [0.5, 0.6) is 5.75 Å². The molecule has 8 nitrogen and oxygen atoms in total. The third kappa shape index (κ3) is 4.35. The van der Waals surface area contributed by atoms with E-state index in [0.717, 1.165) is 36.1 Å². The minimum Gasteiger partial charge on any atom is -0.507 e. The first-order valence-corrected chi connectivity index (χ1v) is 10.4. The van der Waals surface area contributed by atoms with Crippen LogP contribution in [0, 0.1) is 0 Å². The van der Waals surface area contributed by atoms with E-state index in [1.807, 2.05) is 10.6 Å². The third-order valence-electron chi connectivity index (χ3n) is 4.93. The number of aromatic hydroxyl groups is 1. The molecule has 0 fully saturated rings. The molecule has 0 aliphatic carbocycles. The first-order chi connectivity index (χ1) is 14.5. The van der Waals surface area contributed by atoms with E-state index < -0.39 is 5.91 Å². The smallest absolute Gasteiger partial charge is 0.255 e. The van der Waals surface area contributed by atoms with Crippen molar-refractivity contribution in [1.29, 1.82) is 0 Å².